The number of fused-ring (bicyclic) bond motifs is 1. The average molecular weight is 320 g/mol. The maximum Gasteiger partial charge on any atom is 0.256 e. The lowest BCUT2D eigenvalue weighted by atomic mass is 9.92. The Labute approximate surface area is 142 Å². The Morgan fingerprint density at radius 3 is 2.50 bits per heavy atom. The summed E-state index contributed by atoms with van der Waals surface area (Å²) in [7, 11) is 0. The Bertz CT molecular complexity index is 895. The van der Waals surface area contributed by atoms with Gasteiger partial charge in [0.1, 0.15) is 0 Å². The molecule has 0 unspecified atom stereocenters. The first-order chi connectivity index (χ1) is 11.6. The fourth-order valence-electron chi connectivity index (χ4n) is 3.22. The highest BCUT2D eigenvalue weighted by atomic mass is 16.1. The Kier molecular flexibility index (Phi) is 4.81. The zero-order valence-electron chi connectivity index (χ0n) is 14.5. The molecule has 0 spiro atoms. The van der Waals surface area contributed by atoms with Crippen LogP contribution in [0.4, 0.5) is 0 Å². The topological polar surface area (TPSA) is 44.9 Å². The lowest BCUT2D eigenvalue weighted by Gasteiger charge is -2.24. The van der Waals surface area contributed by atoms with E-state index in [1.54, 1.807) is 0 Å². The first-order valence-electron chi connectivity index (χ1n) is 8.46. The number of H-pyrrole nitrogens is 1. The molecule has 3 heteroatoms. The SMILES string of the molecule is Cc1ccccc1[C@H](NCc1cc2ccccc2c(=O)[nH]1)C(C)C. The molecule has 1 aromatic heterocycles. The van der Waals surface area contributed by atoms with Crippen LogP contribution in [0.1, 0.15) is 36.7 Å². The molecule has 0 radical (unpaired) electrons. The van der Waals surface area contributed by atoms with E-state index >= 15 is 0 Å². The average Bonchev–Trinajstić information content (AvgIpc) is 2.56. The molecule has 0 aliphatic rings. The maximum absolute atomic E-state index is 12.2. The van der Waals surface area contributed by atoms with Crippen LogP contribution < -0.4 is 10.9 Å². The van der Waals surface area contributed by atoms with Crippen LogP contribution in [0.5, 0.6) is 0 Å². The van der Waals surface area contributed by atoms with Crippen LogP contribution in [-0.4, -0.2) is 4.98 Å². The summed E-state index contributed by atoms with van der Waals surface area (Å²) in [5.41, 5.74) is 3.49. The Balaban J connectivity index is 1.85. The molecule has 0 bridgehead atoms. The van der Waals surface area contributed by atoms with E-state index in [1.807, 2.05) is 24.3 Å². The van der Waals surface area contributed by atoms with Crippen LogP contribution in [0.3, 0.4) is 0 Å². The molecular formula is C21H24N2O. The van der Waals surface area contributed by atoms with Gasteiger partial charge in [0, 0.05) is 23.7 Å². The van der Waals surface area contributed by atoms with Gasteiger partial charge in [0.25, 0.3) is 5.56 Å². The van der Waals surface area contributed by atoms with Crippen molar-refractivity contribution in [3.05, 3.63) is 81.8 Å². The zero-order chi connectivity index (χ0) is 17.1. The molecule has 1 heterocycles. The van der Waals surface area contributed by atoms with E-state index in [9.17, 15) is 4.79 Å². The first kappa shape index (κ1) is 16.5. The van der Waals surface area contributed by atoms with E-state index < -0.39 is 0 Å². The van der Waals surface area contributed by atoms with E-state index in [1.165, 1.54) is 11.1 Å². The van der Waals surface area contributed by atoms with E-state index in [0.29, 0.717) is 12.5 Å². The minimum absolute atomic E-state index is 0.0260. The summed E-state index contributed by atoms with van der Waals surface area (Å²) < 4.78 is 0. The predicted octanol–water partition coefficient (Wildman–Crippen LogP) is 4.32. The summed E-state index contributed by atoms with van der Waals surface area (Å²) in [5.74, 6) is 0.457. The van der Waals surface area contributed by atoms with Gasteiger partial charge in [-0.25, -0.2) is 0 Å². The molecule has 0 fully saturated rings. The second kappa shape index (κ2) is 7.02. The molecule has 0 saturated heterocycles. The van der Waals surface area contributed by atoms with Crippen molar-refractivity contribution in [1.29, 1.82) is 0 Å². The van der Waals surface area contributed by atoms with Crippen LogP contribution >= 0.6 is 0 Å². The smallest absolute Gasteiger partial charge is 0.256 e. The summed E-state index contributed by atoms with van der Waals surface area (Å²) >= 11 is 0. The number of aromatic nitrogens is 1. The maximum atomic E-state index is 12.2. The number of pyridine rings is 1. The van der Waals surface area contributed by atoms with Crippen LogP contribution in [-0.2, 0) is 6.54 Å². The highest BCUT2D eigenvalue weighted by Crippen LogP contribution is 2.25. The zero-order valence-corrected chi connectivity index (χ0v) is 14.5. The van der Waals surface area contributed by atoms with Crippen molar-refractivity contribution in [3.8, 4) is 0 Å². The van der Waals surface area contributed by atoms with Gasteiger partial charge < -0.3 is 10.3 Å². The lowest BCUT2D eigenvalue weighted by Crippen LogP contribution is -2.27. The van der Waals surface area contributed by atoms with Crippen LogP contribution in [0.15, 0.2) is 59.4 Å². The molecule has 1 atom stereocenters. The first-order valence-corrected chi connectivity index (χ1v) is 8.46. The van der Waals surface area contributed by atoms with Gasteiger partial charge in [-0.3, -0.25) is 4.79 Å². The fourth-order valence-corrected chi connectivity index (χ4v) is 3.22. The fraction of sp³-hybridized carbons (Fsp3) is 0.286. The van der Waals surface area contributed by atoms with Crippen molar-refractivity contribution < 1.29 is 0 Å². The number of rotatable bonds is 5. The van der Waals surface area contributed by atoms with E-state index in [0.717, 1.165) is 16.5 Å². The van der Waals surface area contributed by atoms with Crippen molar-refractivity contribution in [2.45, 2.75) is 33.4 Å². The predicted molar refractivity (Wildman–Crippen MR) is 100 cm³/mol. The molecule has 2 N–H and O–H groups in total. The van der Waals surface area contributed by atoms with Gasteiger partial charge >= 0.3 is 0 Å². The van der Waals surface area contributed by atoms with Crippen molar-refractivity contribution in [2.24, 2.45) is 5.92 Å². The molecule has 3 nitrogen and oxygen atoms in total. The third-order valence-corrected chi connectivity index (χ3v) is 4.51. The molecule has 124 valence electrons. The minimum atomic E-state index is -0.0260. The van der Waals surface area contributed by atoms with Crippen molar-refractivity contribution in [1.82, 2.24) is 10.3 Å². The molecule has 0 saturated carbocycles. The minimum Gasteiger partial charge on any atom is -0.324 e. The number of aryl methyl sites for hydroxylation is 1. The molecule has 0 aliphatic carbocycles. The second-order valence-corrected chi connectivity index (χ2v) is 6.67. The van der Waals surface area contributed by atoms with Gasteiger partial charge in [-0.2, -0.15) is 0 Å². The molecule has 0 aliphatic heterocycles. The van der Waals surface area contributed by atoms with Crippen LogP contribution in [0.2, 0.25) is 0 Å². The number of hydrogen-bond donors (Lipinski definition) is 2. The molecule has 3 rings (SSSR count). The number of nitrogens with one attached hydrogen (secondary N) is 2. The summed E-state index contributed by atoms with van der Waals surface area (Å²) in [6.07, 6.45) is 0. The summed E-state index contributed by atoms with van der Waals surface area (Å²) in [4.78, 5) is 15.2. The third kappa shape index (κ3) is 3.41. The van der Waals surface area contributed by atoms with Crippen molar-refractivity contribution in [2.75, 3.05) is 0 Å². The highest BCUT2D eigenvalue weighted by molar-refractivity contribution is 5.81. The second-order valence-electron chi connectivity index (χ2n) is 6.67. The highest BCUT2D eigenvalue weighted by Gasteiger charge is 2.17. The standard InChI is InChI=1S/C21H24N2O/c1-14(2)20(18-10-6-4-8-15(18)3)22-13-17-12-16-9-5-7-11-19(16)21(24)23-17/h4-12,14,20,22H,13H2,1-3H3,(H,23,24)/t20-/m1/s1. The molecule has 24 heavy (non-hydrogen) atoms. The Hall–Kier alpha value is -2.39. The van der Waals surface area contributed by atoms with Gasteiger partial charge in [-0.15, -0.1) is 0 Å². The summed E-state index contributed by atoms with van der Waals surface area (Å²) in [5, 5.41) is 5.33. The van der Waals surface area contributed by atoms with E-state index in [4.69, 9.17) is 0 Å². The van der Waals surface area contributed by atoms with Crippen molar-refractivity contribution in [3.63, 3.8) is 0 Å². The molecule has 0 amide bonds. The van der Waals surface area contributed by atoms with Gasteiger partial charge in [0.05, 0.1) is 0 Å². The normalized spacial score (nSPS) is 12.7. The quantitative estimate of drug-likeness (QED) is 0.735. The third-order valence-electron chi connectivity index (χ3n) is 4.51. The van der Waals surface area contributed by atoms with Crippen LogP contribution in [0.25, 0.3) is 10.8 Å². The number of aromatic amines is 1. The van der Waals surface area contributed by atoms with Gasteiger partial charge in [-0.05, 0) is 41.5 Å². The number of benzene rings is 2. The summed E-state index contributed by atoms with van der Waals surface area (Å²) in [6.45, 7) is 7.21. The van der Waals surface area contributed by atoms with E-state index in [-0.39, 0.29) is 11.6 Å². The Morgan fingerprint density at radius 2 is 1.75 bits per heavy atom. The Morgan fingerprint density at radius 1 is 1.04 bits per heavy atom. The molecule has 2 aromatic carbocycles. The van der Waals surface area contributed by atoms with Gasteiger partial charge in [-0.1, -0.05) is 56.3 Å². The van der Waals surface area contributed by atoms with Crippen molar-refractivity contribution >= 4 is 10.8 Å². The molecular weight excluding hydrogens is 296 g/mol. The monoisotopic (exact) mass is 320 g/mol. The van der Waals surface area contributed by atoms with Gasteiger partial charge in [0.15, 0.2) is 0 Å². The van der Waals surface area contributed by atoms with Gasteiger partial charge in [0.2, 0.25) is 0 Å². The number of hydrogen-bond acceptors (Lipinski definition) is 2. The summed E-state index contributed by atoms with van der Waals surface area (Å²) in [6, 6.07) is 18.5. The largest absolute Gasteiger partial charge is 0.324 e. The van der Waals surface area contributed by atoms with E-state index in [2.05, 4.69) is 61.4 Å². The lowest BCUT2D eigenvalue weighted by molar-refractivity contribution is 0.407. The molecule has 3 aromatic rings. The van der Waals surface area contributed by atoms with Crippen LogP contribution in [0, 0.1) is 12.8 Å².